The number of carbonyl (C=O) groups excluding carboxylic acids is 3. The Labute approximate surface area is 349 Å². The second-order valence-electron chi connectivity index (χ2n) is 14.7. The van der Waals surface area contributed by atoms with Gasteiger partial charge in [-0.25, -0.2) is 4.39 Å². The Balaban J connectivity index is 1.40. The van der Waals surface area contributed by atoms with Crippen molar-refractivity contribution >= 4 is 34.2 Å². The van der Waals surface area contributed by atoms with Crippen LogP contribution in [0.1, 0.15) is 58.6 Å². The molecule has 0 aliphatic carbocycles. The number of ether oxygens (including phenoxy) is 2. The summed E-state index contributed by atoms with van der Waals surface area (Å²) in [6, 6.07) is 28.9. The number of hydrogen-bond acceptors (Lipinski definition) is 7. The van der Waals surface area contributed by atoms with Crippen LogP contribution < -0.4 is 9.64 Å². The maximum atomic E-state index is 15.1. The maximum Gasteiger partial charge on any atom is 0.416 e. The van der Waals surface area contributed by atoms with Gasteiger partial charge in [0.15, 0.2) is 0 Å². The third-order valence-electron chi connectivity index (χ3n) is 10.5. The summed E-state index contributed by atoms with van der Waals surface area (Å²) in [5.74, 6) is -1.40. The topological polar surface area (TPSA) is 110 Å². The highest BCUT2D eigenvalue weighted by Crippen LogP contribution is 2.48. The minimum atomic E-state index is -4.60. The van der Waals surface area contributed by atoms with Crippen molar-refractivity contribution in [2.24, 2.45) is 0 Å². The summed E-state index contributed by atoms with van der Waals surface area (Å²) < 4.78 is 73.2. The zero-order valence-electron chi connectivity index (χ0n) is 33.1. The molecule has 9 nitrogen and oxygen atoms in total. The number of benzene rings is 5. The molecule has 0 fully saturated rings. The number of anilines is 1. The van der Waals surface area contributed by atoms with Gasteiger partial charge in [-0.15, -0.1) is 6.58 Å². The Bertz CT molecular complexity index is 2550. The molecule has 0 saturated carbocycles. The molecular formula is C48H42F4N2O7. The number of fused-ring (bicyclic) bond motifs is 2. The number of nitrogens with zero attached hydrogens (tertiary/aromatic N) is 2. The van der Waals surface area contributed by atoms with E-state index in [1.54, 1.807) is 42.5 Å². The second-order valence-corrected chi connectivity index (χ2v) is 14.7. The maximum absolute atomic E-state index is 15.1. The van der Waals surface area contributed by atoms with Gasteiger partial charge in [-0.2, -0.15) is 13.2 Å². The monoisotopic (exact) mass is 834 g/mol. The van der Waals surface area contributed by atoms with Gasteiger partial charge >= 0.3 is 12.1 Å². The van der Waals surface area contributed by atoms with Gasteiger partial charge < -0.3 is 23.9 Å². The highest BCUT2D eigenvalue weighted by Gasteiger charge is 2.51. The van der Waals surface area contributed by atoms with Crippen molar-refractivity contribution in [1.82, 2.24) is 4.90 Å². The van der Waals surface area contributed by atoms with Crippen LogP contribution in [0.3, 0.4) is 0 Å². The van der Waals surface area contributed by atoms with E-state index in [1.807, 2.05) is 30.3 Å². The summed E-state index contributed by atoms with van der Waals surface area (Å²) in [6.07, 6.45) is -3.94. The van der Waals surface area contributed by atoms with Crippen LogP contribution in [0.25, 0.3) is 22.1 Å². The summed E-state index contributed by atoms with van der Waals surface area (Å²) in [6.45, 7) is 4.93. The molecule has 13 heteroatoms. The molecular weight excluding hydrogens is 793 g/mol. The molecule has 0 radical (unpaired) electrons. The van der Waals surface area contributed by atoms with E-state index in [2.05, 4.69) is 6.58 Å². The van der Waals surface area contributed by atoms with Crippen LogP contribution in [-0.2, 0) is 33.5 Å². The molecule has 2 heterocycles. The summed E-state index contributed by atoms with van der Waals surface area (Å²) >= 11 is 0. The average molecular weight is 835 g/mol. The normalized spacial score (nSPS) is 15.3. The highest BCUT2D eigenvalue weighted by atomic mass is 19.4. The van der Waals surface area contributed by atoms with Gasteiger partial charge in [0.05, 0.1) is 42.9 Å². The summed E-state index contributed by atoms with van der Waals surface area (Å²) in [4.78, 5) is 45.9. The van der Waals surface area contributed by atoms with E-state index in [0.29, 0.717) is 34.5 Å². The zero-order valence-corrected chi connectivity index (χ0v) is 33.1. The Morgan fingerprint density at radius 2 is 1.69 bits per heavy atom. The van der Waals surface area contributed by atoms with Crippen LogP contribution in [-0.4, -0.2) is 53.1 Å². The lowest BCUT2D eigenvalue weighted by atomic mass is 9.93. The number of alkyl halides is 3. The fourth-order valence-corrected chi connectivity index (χ4v) is 7.74. The number of rotatable bonds is 15. The van der Waals surface area contributed by atoms with Crippen molar-refractivity contribution < 1.29 is 50.9 Å². The minimum absolute atomic E-state index is 0.0660. The predicted octanol–water partition coefficient (Wildman–Crippen LogP) is 9.87. The first-order valence-corrected chi connectivity index (χ1v) is 19.6. The quantitative estimate of drug-likeness (QED) is 0.0475. The van der Waals surface area contributed by atoms with Gasteiger partial charge in [-0.1, -0.05) is 60.7 Å². The third kappa shape index (κ3) is 9.52. The summed E-state index contributed by atoms with van der Waals surface area (Å²) in [5, 5.41) is 11.2. The number of aliphatic hydroxyl groups is 1. The van der Waals surface area contributed by atoms with Crippen molar-refractivity contribution in [2.75, 3.05) is 18.1 Å². The first kappa shape index (κ1) is 42.4. The Kier molecular flexibility index (Phi) is 12.7. The number of furan rings is 1. The van der Waals surface area contributed by atoms with E-state index in [9.17, 15) is 32.3 Å². The molecule has 0 bridgehead atoms. The van der Waals surface area contributed by atoms with Crippen molar-refractivity contribution in [1.29, 1.82) is 0 Å². The summed E-state index contributed by atoms with van der Waals surface area (Å²) in [7, 11) is 0. The van der Waals surface area contributed by atoms with Crippen molar-refractivity contribution in [2.45, 2.75) is 57.1 Å². The van der Waals surface area contributed by atoms with E-state index in [0.717, 1.165) is 22.9 Å². The molecule has 314 valence electrons. The van der Waals surface area contributed by atoms with Crippen molar-refractivity contribution in [3.63, 3.8) is 0 Å². The SMILES string of the molecule is C=CCC(OC(C)=O)[C@@H]1[C@@H](N(Cc2ccc(-c3cccc(C(F)(F)F)c3)o2)C(=O)Cc2ccc(F)cc2)c2cc(OCCCO)ccc2N1C(=O)c1ccc2ccccc2c1. The summed E-state index contributed by atoms with van der Waals surface area (Å²) in [5.41, 5.74) is 0.942. The number of amides is 2. The van der Waals surface area contributed by atoms with Crippen molar-refractivity contribution in [3.05, 3.63) is 168 Å². The van der Waals surface area contributed by atoms with Gasteiger partial charge in [-0.05, 0) is 83.1 Å². The third-order valence-corrected chi connectivity index (χ3v) is 10.5. The first-order chi connectivity index (χ1) is 29.3. The van der Waals surface area contributed by atoms with Crippen LogP contribution in [0.2, 0.25) is 0 Å². The molecule has 61 heavy (non-hydrogen) atoms. The molecule has 3 atom stereocenters. The van der Waals surface area contributed by atoms with Crippen molar-refractivity contribution in [3.8, 4) is 17.1 Å². The first-order valence-electron chi connectivity index (χ1n) is 19.6. The number of hydrogen-bond donors (Lipinski definition) is 1. The number of esters is 1. The molecule has 6 aromatic rings. The van der Waals surface area contributed by atoms with E-state index < -0.39 is 53.5 Å². The molecule has 0 spiro atoms. The van der Waals surface area contributed by atoms with E-state index >= 15 is 4.79 Å². The van der Waals surface area contributed by atoms with Crippen LogP contribution in [0, 0.1) is 5.82 Å². The van der Waals surface area contributed by atoms with Gasteiger partial charge in [0, 0.05) is 43.1 Å². The number of halogens is 4. The standard InChI is InChI=1S/C48H42F4N2O7/c1-3-8-43(60-30(2)56)46-45(40-28-38(59-24-7-23-55)19-21-41(40)54(46)47(58)35-16-15-32-9-4-5-10-33(32)26-35)53(44(57)25-31-13-17-37(49)18-14-31)29-39-20-22-42(61-39)34-11-6-12-36(27-34)48(50,51)52/h3-6,9-22,26-28,43,45-46,55H,1,7-8,23-25,29H2,2H3/t43?,45-,46+/m0/s1. The smallest absolute Gasteiger partial charge is 0.416 e. The molecule has 1 unspecified atom stereocenters. The number of aliphatic hydroxyl groups excluding tert-OH is 1. The van der Waals surface area contributed by atoms with Gasteiger partial charge in [0.1, 0.15) is 29.2 Å². The molecule has 1 N–H and O–H groups in total. The van der Waals surface area contributed by atoms with Crippen LogP contribution in [0.4, 0.5) is 23.2 Å². The lowest BCUT2D eigenvalue weighted by molar-refractivity contribution is -0.148. The second kappa shape index (κ2) is 18.3. The van der Waals surface area contributed by atoms with Crippen LogP contribution in [0.5, 0.6) is 5.75 Å². The van der Waals surface area contributed by atoms with Gasteiger partial charge in [0.25, 0.3) is 5.91 Å². The molecule has 2 amide bonds. The predicted molar refractivity (Wildman–Crippen MR) is 221 cm³/mol. The minimum Gasteiger partial charge on any atom is -0.493 e. The van der Waals surface area contributed by atoms with Gasteiger partial charge in [0.2, 0.25) is 5.91 Å². The number of carbonyl (C=O) groups is 3. The molecule has 5 aromatic carbocycles. The van der Waals surface area contributed by atoms with Gasteiger partial charge in [-0.3, -0.25) is 19.3 Å². The molecule has 7 rings (SSSR count). The molecule has 1 aliphatic rings. The van der Waals surface area contributed by atoms with E-state index in [1.165, 1.54) is 59.2 Å². The molecule has 0 saturated heterocycles. The highest BCUT2D eigenvalue weighted by molar-refractivity contribution is 6.10. The van der Waals surface area contributed by atoms with E-state index in [-0.39, 0.29) is 49.7 Å². The average Bonchev–Trinajstić information content (AvgIpc) is 3.85. The molecule has 1 aromatic heterocycles. The van der Waals surface area contributed by atoms with E-state index in [4.69, 9.17) is 13.9 Å². The fourth-order valence-electron chi connectivity index (χ4n) is 7.74. The zero-order chi connectivity index (χ0) is 43.3. The lowest BCUT2D eigenvalue weighted by Gasteiger charge is -2.39. The Morgan fingerprint density at radius 1 is 0.918 bits per heavy atom. The van der Waals surface area contributed by atoms with Crippen LogP contribution in [0.15, 0.2) is 138 Å². The van der Waals surface area contributed by atoms with Crippen LogP contribution >= 0.6 is 0 Å². The molecule has 1 aliphatic heterocycles. The largest absolute Gasteiger partial charge is 0.493 e. The lowest BCUT2D eigenvalue weighted by Crippen LogP contribution is -2.53. The Hall–Kier alpha value is -6.73. The fraction of sp³-hybridized carbons (Fsp3) is 0.229. The Morgan fingerprint density at radius 3 is 2.41 bits per heavy atom.